The van der Waals surface area contributed by atoms with E-state index in [1.54, 1.807) is 7.11 Å². The molecule has 1 heterocycles. The van der Waals surface area contributed by atoms with Gasteiger partial charge in [-0.3, -0.25) is 9.69 Å². The van der Waals surface area contributed by atoms with Crippen LogP contribution in [0.5, 0.6) is 0 Å². The fourth-order valence-electron chi connectivity index (χ4n) is 1.88. The van der Waals surface area contributed by atoms with Gasteiger partial charge >= 0.3 is 0 Å². The first-order valence-electron chi connectivity index (χ1n) is 7.19. The highest BCUT2D eigenvalue weighted by atomic mass is 16.5. The molecule has 0 aromatic rings. The maximum absolute atomic E-state index is 11.7. The molecule has 0 aliphatic carbocycles. The van der Waals surface area contributed by atoms with E-state index in [0.29, 0.717) is 19.7 Å². The van der Waals surface area contributed by atoms with Crippen molar-refractivity contribution in [2.75, 3.05) is 59.7 Å². The minimum atomic E-state index is -0.354. The maximum atomic E-state index is 11.7. The number of nitrogens with zero attached hydrogens (tertiary/aromatic N) is 2. The molecule has 1 rings (SSSR count). The zero-order valence-electron chi connectivity index (χ0n) is 12.6. The van der Waals surface area contributed by atoms with E-state index in [1.807, 2.05) is 6.07 Å². The summed E-state index contributed by atoms with van der Waals surface area (Å²) in [7, 11) is 1.61. The van der Waals surface area contributed by atoms with Crippen LogP contribution in [-0.2, 0) is 14.3 Å². The molecule has 1 aliphatic heterocycles. The van der Waals surface area contributed by atoms with Crippen molar-refractivity contribution >= 4 is 5.91 Å². The Morgan fingerprint density at radius 3 is 2.86 bits per heavy atom. The van der Waals surface area contributed by atoms with Gasteiger partial charge in [-0.2, -0.15) is 5.26 Å². The van der Waals surface area contributed by atoms with Crippen LogP contribution in [0.15, 0.2) is 11.8 Å². The number of carbonyl (C=O) groups is 1. The molecule has 0 radical (unpaired) electrons. The molecule has 0 atom stereocenters. The quantitative estimate of drug-likeness (QED) is 0.338. The third kappa shape index (κ3) is 7.66. The molecule has 1 aliphatic rings. The SMILES string of the molecule is COCCCNC(=O)/C(C#N)=C\NCCN1CCOCC1. The predicted molar refractivity (Wildman–Crippen MR) is 78.5 cm³/mol. The van der Waals surface area contributed by atoms with Crippen LogP contribution in [-0.4, -0.2) is 70.5 Å². The smallest absolute Gasteiger partial charge is 0.263 e. The number of morpholine rings is 1. The number of ether oxygens (including phenoxy) is 2. The van der Waals surface area contributed by atoms with Crippen molar-refractivity contribution in [1.82, 2.24) is 15.5 Å². The number of amides is 1. The van der Waals surface area contributed by atoms with Gasteiger partial charge in [-0.05, 0) is 6.42 Å². The number of nitriles is 1. The van der Waals surface area contributed by atoms with Crippen LogP contribution in [0.4, 0.5) is 0 Å². The Morgan fingerprint density at radius 2 is 2.19 bits per heavy atom. The lowest BCUT2D eigenvalue weighted by Gasteiger charge is -2.26. The minimum Gasteiger partial charge on any atom is -0.388 e. The molecule has 1 amide bonds. The van der Waals surface area contributed by atoms with Crippen LogP contribution in [0.3, 0.4) is 0 Å². The number of rotatable bonds is 9. The summed E-state index contributed by atoms with van der Waals surface area (Å²) in [6, 6.07) is 1.90. The Kier molecular flexibility index (Phi) is 9.20. The monoisotopic (exact) mass is 296 g/mol. The van der Waals surface area contributed by atoms with E-state index in [9.17, 15) is 4.79 Å². The average molecular weight is 296 g/mol. The molecule has 0 aromatic heterocycles. The molecular formula is C14H24N4O3. The zero-order valence-corrected chi connectivity index (χ0v) is 12.6. The van der Waals surface area contributed by atoms with Gasteiger partial charge in [0.15, 0.2) is 0 Å². The van der Waals surface area contributed by atoms with Crippen LogP contribution in [0.25, 0.3) is 0 Å². The highest BCUT2D eigenvalue weighted by molar-refractivity contribution is 5.97. The minimum absolute atomic E-state index is 0.0920. The summed E-state index contributed by atoms with van der Waals surface area (Å²) in [5.41, 5.74) is 0.0920. The first-order chi connectivity index (χ1) is 10.3. The normalized spacial score (nSPS) is 16.3. The third-order valence-corrected chi connectivity index (χ3v) is 3.10. The fraction of sp³-hybridized carbons (Fsp3) is 0.714. The number of carbonyl (C=O) groups excluding carboxylic acids is 1. The summed E-state index contributed by atoms with van der Waals surface area (Å²) in [5, 5.41) is 14.7. The van der Waals surface area contributed by atoms with Crippen molar-refractivity contribution in [3.8, 4) is 6.07 Å². The molecule has 1 fully saturated rings. The number of methoxy groups -OCH3 is 1. The summed E-state index contributed by atoms with van der Waals surface area (Å²) < 4.78 is 10.2. The van der Waals surface area contributed by atoms with E-state index in [4.69, 9.17) is 14.7 Å². The molecule has 21 heavy (non-hydrogen) atoms. The largest absolute Gasteiger partial charge is 0.388 e. The van der Waals surface area contributed by atoms with Crippen LogP contribution in [0.1, 0.15) is 6.42 Å². The van der Waals surface area contributed by atoms with Gasteiger partial charge in [0, 0.05) is 52.6 Å². The molecule has 0 aromatic carbocycles. The second kappa shape index (κ2) is 11.1. The van der Waals surface area contributed by atoms with Crippen LogP contribution >= 0.6 is 0 Å². The van der Waals surface area contributed by atoms with Crippen LogP contribution in [0, 0.1) is 11.3 Å². The Balaban J connectivity index is 2.20. The number of hydrogen-bond acceptors (Lipinski definition) is 6. The Hall–Kier alpha value is -1.62. The second-order valence-electron chi connectivity index (χ2n) is 4.68. The summed E-state index contributed by atoms with van der Waals surface area (Å²) in [6.07, 6.45) is 2.21. The van der Waals surface area contributed by atoms with Crippen LogP contribution < -0.4 is 10.6 Å². The van der Waals surface area contributed by atoms with Crippen molar-refractivity contribution in [3.05, 3.63) is 11.8 Å². The van der Waals surface area contributed by atoms with Gasteiger partial charge in [-0.15, -0.1) is 0 Å². The molecule has 0 bridgehead atoms. The molecule has 7 heteroatoms. The lowest BCUT2D eigenvalue weighted by Crippen LogP contribution is -2.39. The summed E-state index contributed by atoms with van der Waals surface area (Å²) in [6.45, 7) is 6.04. The van der Waals surface area contributed by atoms with E-state index in [-0.39, 0.29) is 11.5 Å². The van der Waals surface area contributed by atoms with Gasteiger partial charge in [0.25, 0.3) is 5.91 Å². The van der Waals surface area contributed by atoms with Crippen molar-refractivity contribution in [1.29, 1.82) is 5.26 Å². The summed E-state index contributed by atoms with van der Waals surface area (Å²) in [5.74, 6) is -0.354. The Bertz CT molecular complexity index is 373. The number of nitrogens with one attached hydrogen (secondary N) is 2. The first-order valence-corrected chi connectivity index (χ1v) is 7.19. The van der Waals surface area contributed by atoms with E-state index in [1.165, 1.54) is 6.20 Å². The predicted octanol–water partition coefficient (Wildman–Crippen LogP) is -0.532. The van der Waals surface area contributed by atoms with Crippen molar-refractivity contribution in [2.45, 2.75) is 6.42 Å². The molecule has 7 nitrogen and oxygen atoms in total. The van der Waals surface area contributed by atoms with Crippen molar-refractivity contribution in [3.63, 3.8) is 0 Å². The molecule has 2 N–H and O–H groups in total. The lowest BCUT2D eigenvalue weighted by molar-refractivity contribution is -0.117. The topological polar surface area (TPSA) is 86.6 Å². The Labute approximate surface area is 125 Å². The van der Waals surface area contributed by atoms with Crippen molar-refractivity contribution < 1.29 is 14.3 Å². The zero-order chi connectivity index (χ0) is 15.3. The summed E-state index contributed by atoms with van der Waals surface area (Å²) >= 11 is 0. The molecular weight excluding hydrogens is 272 g/mol. The third-order valence-electron chi connectivity index (χ3n) is 3.10. The maximum Gasteiger partial charge on any atom is 0.263 e. The van der Waals surface area contributed by atoms with Crippen molar-refractivity contribution in [2.24, 2.45) is 0 Å². The van der Waals surface area contributed by atoms with E-state index in [2.05, 4.69) is 15.5 Å². The molecule has 0 saturated carbocycles. The molecule has 1 saturated heterocycles. The highest BCUT2D eigenvalue weighted by Gasteiger charge is 2.10. The van der Waals surface area contributed by atoms with Gasteiger partial charge in [-0.25, -0.2) is 0 Å². The van der Waals surface area contributed by atoms with E-state index >= 15 is 0 Å². The van der Waals surface area contributed by atoms with Crippen LogP contribution in [0.2, 0.25) is 0 Å². The van der Waals surface area contributed by atoms with E-state index in [0.717, 1.165) is 39.3 Å². The second-order valence-corrected chi connectivity index (χ2v) is 4.68. The van der Waals surface area contributed by atoms with E-state index < -0.39 is 0 Å². The van der Waals surface area contributed by atoms with Gasteiger partial charge < -0.3 is 20.1 Å². The van der Waals surface area contributed by atoms with Gasteiger partial charge in [-0.1, -0.05) is 0 Å². The van der Waals surface area contributed by atoms with Gasteiger partial charge in [0.1, 0.15) is 11.6 Å². The Morgan fingerprint density at radius 1 is 1.43 bits per heavy atom. The van der Waals surface area contributed by atoms with Gasteiger partial charge in [0.2, 0.25) is 0 Å². The number of hydrogen-bond donors (Lipinski definition) is 2. The van der Waals surface area contributed by atoms with Gasteiger partial charge in [0.05, 0.1) is 13.2 Å². The molecule has 0 unspecified atom stereocenters. The summed E-state index contributed by atoms with van der Waals surface area (Å²) in [4.78, 5) is 14.0. The molecule has 118 valence electrons. The molecule has 0 spiro atoms. The standard InChI is InChI=1S/C14H24N4O3/c1-20-8-2-3-17-14(19)13(11-15)12-16-4-5-18-6-9-21-10-7-18/h12,16H,2-10H2,1H3,(H,17,19)/b13-12-. The first kappa shape index (κ1) is 17.4. The average Bonchev–Trinajstić information content (AvgIpc) is 2.52. The lowest BCUT2D eigenvalue weighted by atomic mass is 10.3. The highest BCUT2D eigenvalue weighted by Crippen LogP contribution is 1.95. The fourth-order valence-corrected chi connectivity index (χ4v) is 1.88.